The van der Waals surface area contributed by atoms with Crippen LogP contribution >= 0.6 is 0 Å². The molecule has 0 bridgehead atoms. The van der Waals surface area contributed by atoms with E-state index < -0.39 is 5.97 Å². The van der Waals surface area contributed by atoms with Crippen molar-refractivity contribution in [3.63, 3.8) is 0 Å². The van der Waals surface area contributed by atoms with E-state index in [4.69, 9.17) is 5.11 Å². The zero-order valence-electron chi connectivity index (χ0n) is 11.1. The third-order valence-electron chi connectivity index (χ3n) is 3.43. The number of aromatic nitrogens is 1. The van der Waals surface area contributed by atoms with E-state index in [9.17, 15) is 4.79 Å². The van der Waals surface area contributed by atoms with Crippen molar-refractivity contribution in [3.8, 4) is 11.3 Å². The van der Waals surface area contributed by atoms with Crippen LogP contribution in [0.15, 0.2) is 36.4 Å². The van der Waals surface area contributed by atoms with Gasteiger partial charge in [0.2, 0.25) is 0 Å². The van der Waals surface area contributed by atoms with Crippen molar-refractivity contribution < 1.29 is 9.90 Å². The Morgan fingerprint density at radius 2 is 2.20 bits per heavy atom. The lowest BCUT2D eigenvalue weighted by molar-refractivity contribution is 0.0690. The van der Waals surface area contributed by atoms with Crippen LogP contribution in [-0.2, 0) is 0 Å². The maximum absolute atomic E-state index is 11.0. The molecule has 3 rings (SSSR count). The number of hydrogen-bond donors (Lipinski definition) is 2. The second kappa shape index (κ2) is 4.85. The maximum atomic E-state index is 11.0. The van der Waals surface area contributed by atoms with Crippen LogP contribution in [0.1, 0.15) is 10.5 Å². The predicted octanol–water partition coefficient (Wildman–Crippen LogP) is 2.31. The van der Waals surface area contributed by atoms with Gasteiger partial charge in [-0.15, -0.1) is 0 Å². The number of hydrogen-bond acceptors (Lipinski definition) is 4. The lowest BCUT2D eigenvalue weighted by Gasteiger charge is -2.28. The lowest BCUT2D eigenvalue weighted by atomic mass is 10.1. The fourth-order valence-corrected chi connectivity index (χ4v) is 2.36. The van der Waals surface area contributed by atoms with Gasteiger partial charge in [-0.05, 0) is 24.3 Å². The number of nitrogens with one attached hydrogen (secondary N) is 1. The second-order valence-electron chi connectivity index (χ2n) is 4.79. The van der Waals surface area contributed by atoms with E-state index in [1.165, 1.54) is 6.07 Å². The Morgan fingerprint density at radius 3 is 3.00 bits per heavy atom. The van der Waals surface area contributed by atoms with Crippen molar-refractivity contribution in [2.75, 3.05) is 30.4 Å². The molecule has 2 N–H and O–H groups in total. The third kappa shape index (κ3) is 2.18. The fourth-order valence-electron chi connectivity index (χ4n) is 2.36. The highest BCUT2D eigenvalue weighted by Crippen LogP contribution is 2.32. The standard InChI is InChI=1S/C15H15N3O2/c1-18-8-7-16-13-9-10(5-6-14(13)18)11-3-2-4-12(17-11)15(19)20/h2-6,9,16H,7-8H2,1H3,(H,19,20). The molecule has 0 radical (unpaired) electrons. The van der Waals surface area contributed by atoms with Gasteiger partial charge in [-0.1, -0.05) is 12.1 Å². The Bertz CT molecular complexity index is 670. The van der Waals surface area contributed by atoms with Gasteiger partial charge in [0.05, 0.1) is 17.1 Å². The Kier molecular flexibility index (Phi) is 3.02. The SMILES string of the molecule is CN1CCNc2cc(-c3cccc(C(=O)O)n3)ccc21. The average molecular weight is 269 g/mol. The molecule has 102 valence electrons. The van der Waals surface area contributed by atoms with Crippen molar-refractivity contribution in [3.05, 3.63) is 42.1 Å². The van der Waals surface area contributed by atoms with E-state index in [0.29, 0.717) is 5.69 Å². The number of nitrogens with zero attached hydrogens (tertiary/aromatic N) is 2. The monoisotopic (exact) mass is 269 g/mol. The molecule has 2 heterocycles. The lowest BCUT2D eigenvalue weighted by Crippen LogP contribution is -2.30. The molecule has 0 aliphatic carbocycles. The quantitative estimate of drug-likeness (QED) is 0.875. The number of carboxylic acid groups (broad SMARTS) is 1. The third-order valence-corrected chi connectivity index (χ3v) is 3.43. The number of aromatic carboxylic acids is 1. The molecule has 5 heteroatoms. The van der Waals surface area contributed by atoms with Gasteiger partial charge in [0, 0.05) is 25.7 Å². The summed E-state index contributed by atoms with van der Waals surface area (Å²) < 4.78 is 0. The number of anilines is 2. The Morgan fingerprint density at radius 1 is 1.35 bits per heavy atom. The molecule has 1 aromatic carbocycles. The van der Waals surface area contributed by atoms with Gasteiger partial charge in [-0.3, -0.25) is 0 Å². The molecule has 1 aromatic heterocycles. The summed E-state index contributed by atoms with van der Waals surface area (Å²) in [5.41, 5.74) is 3.84. The zero-order valence-corrected chi connectivity index (χ0v) is 11.1. The minimum atomic E-state index is -1.01. The number of benzene rings is 1. The summed E-state index contributed by atoms with van der Waals surface area (Å²) in [7, 11) is 2.06. The topological polar surface area (TPSA) is 65.5 Å². The smallest absolute Gasteiger partial charge is 0.354 e. The highest BCUT2D eigenvalue weighted by molar-refractivity contribution is 5.86. The Labute approximate surface area is 116 Å². The summed E-state index contributed by atoms with van der Waals surface area (Å²) in [6, 6.07) is 11.0. The van der Waals surface area contributed by atoms with Gasteiger partial charge in [0.1, 0.15) is 5.69 Å². The number of fused-ring (bicyclic) bond motifs is 1. The van der Waals surface area contributed by atoms with Crippen LogP contribution in [0.25, 0.3) is 11.3 Å². The van der Waals surface area contributed by atoms with Gasteiger partial charge in [0.15, 0.2) is 0 Å². The molecule has 2 aromatic rings. The first-order chi connectivity index (χ1) is 9.65. The van der Waals surface area contributed by atoms with Crippen LogP contribution in [0.2, 0.25) is 0 Å². The normalized spacial score (nSPS) is 13.6. The van der Waals surface area contributed by atoms with Gasteiger partial charge in [-0.25, -0.2) is 9.78 Å². The summed E-state index contributed by atoms with van der Waals surface area (Å²) in [5, 5.41) is 12.4. The first-order valence-electron chi connectivity index (χ1n) is 6.45. The van der Waals surface area contributed by atoms with E-state index in [1.54, 1.807) is 6.07 Å². The summed E-state index contributed by atoms with van der Waals surface area (Å²) in [5.74, 6) is -1.01. The molecule has 1 aliphatic rings. The van der Waals surface area contributed by atoms with Gasteiger partial charge < -0.3 is 15.3 Å². The molecule has 0 spiro atoms. The van der Waals surface area contributed by atoms with Crippen LogP contribution in [0.5, 0.6) is 0 Å². The molecule has 0 amide bonds. The summed E-state index contributed by atoms with van der Waals surface area (Å²) in [4.78, 5) is 17.3. The highest BCUT2D eigenvalue weighted by atomic mass is 16.4. The molecular formula is C15H15N3O2. The number of rotatable bonds is 2. The summed E-state index contributed by atoms with van der Waals surface area (Å²) in [6.07, 6.45) is 0. The van der Waals surface area contributed by atoms with Gasteiger partial charge in [-0.2, -0.15) is 0 Å². The second-order valence-corrected chi connectivity index (χ2v) is 4.79. The van der Waals surface area contributed by atoms with Gasteiger partial charge >= 0.3 is 5.97 Å². The Hall–Kier alpha value is -2.56. The van der Waals surface area contributed by atoms with Crippen LogP contribution in [-0.4, -0.2) is 36.2 Å². The van der Waals surface area contributed by atoms with Crippen molar-refractivity contribution in [1.82, 2.24) is 4.98 Å². The van der Waals surface area contributed by atoms with Crippen molar-refractivity contribution >= 4 is 17.3 Å². The largest absolute Gasteiger partial charge is 0.477 e. The average Bonchev–Trinajstić information content (AvgIpc) is 2.47. The van der Waals surface area contributed by atoms with Crippen LogP contribution in [0.3, 0.4) is 0 Å². The molecule has 20 heavy (non-hydrogen) atoms. The molecule has 0 fully saturated rings. The number of carbonyl (C=O) groups is 1. The molecule has 0 saturated carbocycles. The van der Waals surface area contributed by atoms with Crippen LogP contribution < -0.4 is 10.2 Å². The predicted molar refractivity (Wildman–Crippen MR) is 78.4 cm³/mol. The molecule has 5 nitrogen and oxygen atoms in total. The minimum Gasteiger partial charge on any atom is -0.477 e. The minimum absolute atomic E-state index is 0.0605. The number of carboxylic acids is 1. The van der Waals surface area contributed by atoms with E-state index in [0.717, 1.165) is 30.0 Å². The summed E-state index contributed by atoms with van der Waals surface area (Å²) >= 11 is 0. The molecule has 0 unspecified atom stereocenters. The van der Waals surface area contributed by atoms with Crippen molar-refractivity contribution in [2.45, 2.75) is 0 Å². The molecular weight excluding hydrogens is 254 g/mol. The van der Waals surface area contributed by atoms with Crippen molar-refractivity contribution in [1.29, 1.82) is 0 Å². The fraction of sp³-hybridized carbons (Fsp3) is 0.200. The molecule has 0 atom stereocenters. The Balaban J connectivity index is 2.03. The van der Waals surface area contributed by atoms with E-state index in [-0.39, 0.29) is 5.69 Å². The zero-order chi connectivity index (χ0) is 14.1. The first kappa shape index (κ1) is 12.5. The summed E-state index contributed by atoms with van der Waals surface area (Å²) in [6.45, 7) is 1.87. The van der Waals surface area contributed by atoms with Gasteiger partial charge in [0.25, 0.3) is 0 Å². The number of pyridine rings is 1. The maximum Gasteiger partial charge on any atom is 0.354 e. The van der Waals surface area contributed by atoms with Crippen LogP contribution in [0, 0.1) is 0 Å². The number of likely N-dealkylation sites (N-methyl/N-ethyl adjacent to an activating group) is 1. The van der Waals surface area contributed by atoms with E-state index >= 15 is 0 Å². The highest BCUT2D eigenvalue weighted by Gasteiger charge is 2.14. The van der Waals surface area contributed by atoms with Crippen molar-refractivity contribution in [2.24, 2.45) is 0 Å². The van der Waals surface area contributed by atoms with E-state index in [1.807, 2.05) is 24.3 Å². The molecule has 1 aliphatic heterocycles. The van der Waals surface area contributed by atoms with Crippen LogP contribution in [0.4, 0.5) is 11.4 Å². The van der Waals surface area contributed by atoms with E-state index in [2.05, 4.69) is 22.2 Å². The molecule has 0 saturated heterocycles. The first-order valence-corrected chi connectivity index (χ1v) is 6.45.